The monoisotopic (exact) mass is 457 g/mol. The third-order valence-corrected chi connectivity index (χ3v) is 8.17. The molecule has 1 aliphatic carbocycles. The summed E-state index contributed by atoms with van der Waals surface area (Å²) in [6.45, 7) is 5.54. The lowest BCUT2D eigenvalue weighted by molar-refractivity contribution is -0.138. The van der Waals surface area contributed by atoms with E-state index < -0.39 is 6.04 Å². The van der Waals surface area contributed by atoms with E-state index in [-0.39, 0.29) is 23.1 Å². The molecule has 0 bridgehead atoms. The van der Waals surface area contributed by atoms with E-state index in [2.05, 4.69) is 47.6 Å². The average Bonchev–Trinajstić information content (AvgIpc) is 3.45. The third kappa shape index (κ3) is 4.02. The lowest BCUT2D eigenvalue weighted by Gasteiger charge is -2.42. The predicted octanol–water partition coefficient (Wildman–Crippen LogP) is 5.06. The number of benzene rings is 2. The molecule has 2 aromatic carbocycles. The summed E-state index contributed by atoms with van der Waals surface area (Å²) in [5.74, 6) is -0.137. The highest BCUT2D eigenvalue weighted by Gasteiger charge is 2.43. The van der Waals surface area contributed by atoms with E-state index in [0.717, 1.165) is 55.2 Å². The molecule has 2 atom stereocenters. The Morgan fingerprint density at radius 2 is 1.79 bits per heavy atom. The summed E-state index contributed by atoms with van der Waals surface area (Å²) in [5.41, 5.74) is 5.29. The number of H-pyrrole nitrogens is 1. The fraction of sp³-hybridized carbons (Fsp3) is 0.448. The Morgan fingerprint density at radius 1 is 1.06 bits per heavy atom. The molecular weight excluding hydrogens is 422 g/mol. The van der Waals surface area contributed by atoms with E-state index in [1.807, 2.05) is 36.2 Å². The van der Waals surface area contributed by atoms with Crippen LogP contribution in [0.5, 0.6) is 0 Å². The van der Waals surface area contributed by atoms with Crippen molar-refractivity contribution in [1.82, 2.24) is 15.2 Å². The number of hydrogen-bond donors (Lipinski definition) is 2. The number of carbonyl (C=O) groups excluding carboxylic acids is 2. The van der Waals surface area contributed by atoms with Gasteiger partial charge in [-0.3, -0.25) is 9.59 Å². The fourth-order valence-electron chi connectivity index (χ4n) is 6.16. The van der Waals surface area contributed by atoms with Crippen molar-refractivity contribution < 1.29 is 9.59 Å². The number of nitrogens with zero attached hydrogens (tertiary/aromatic N) is 1. The SMILES string of the molecule is CCCC(=O)N[C@@H](C(=O)N1CCC2(CCc3ccccc32)CC1)[C@H](C)c1c[nH]c2ccccc12. The summed E-state index contributed by atoms with van der Waals surface area (Å²) in [6, 6.07) is 16.4. The van der Waals surface area contributed by atoms with Crippen molar-refractivity contribution in [1.29, 1.82) is 0 Å². The highest BCUT2D eigenvalue weighted by Crippen LogP contribution is 2.46. The van der Waals surface area contributed by atoms with Crippen LogP contribution in [0.15, 0.2) is 54.7 Å². The van der Waals surface area contributed by atoms with Crippen LogP contribution in [-0.4, -0.2) is 40.8 Å². The molecule has 0 saturated carbocycles. The largest absolute Gasteiger partial charge is 0.361 e. The number of amides is 2. The average molecular weight is 458 g/mol. The number of carbonyl (C=O) groups is 2. The van der Waals surface area contributed by atoms with Gasteiger partial charge in [0.1, 0.15) is 6.04 Å². The maximum atomic E-state index is 13.9. The zero-order chi connectivity index (χ0) is 23.7. The van der Waals surface area contributed by atoms with Crippen molar-refractivity contribution in [2.24, 2.45) is 0 Å². The zero-order valence-electron chi connectivity index (χ0n) is 20.3. The lowest BCUT2D eigenvalue weighted by Crippen LogP contribution is -2.54. The van der Waals surface area contributed by atoms with Crippen LogP contribution in [0, 0.1) is 0 Å². The molecule has 178 valence electrons. The minimum Gasteiger partial charge on any atom is -0.361 e. The molecule has 5 heteroatoms. The molecule has 2 N–H and O–H groups in total. The molecule has 5 nitrogen and oxygen atoms in total. The van der Waals surface area contributed by atoms with E-state index in [9.17, 15) is 9.59 Å². The second-order valence-electron chi connectivity index (χ2n) is 10.1. The van der Waals surface area contributed by atoms with E-state index in [1.165, 1.54) is 17.5 Å². The van der Waals surface area contributed by atoms with Crippen LogP contribution in [0.25, 0.3) is 10.9 Å². The molecule has 3 aromatic rings. The Bertz CT molecular complexity index is 1190. The number of piperidine rings is 1. The summed E-state index contributed by atoms with van der Waals surface area (Å²) in [4.78, 5) is 31.8. The van der Waals surface area contributed by atoms with Gasteiger partial charge in [-0.25, -0.2) is 0 Å². The molecule has 5 rings (SSSR count). The van der Waals surface area contributed by atoms with Crippen LogP contribution in [0.2, 0.25) is 0 Å². The second kappa shape index (κ2) is 9.28. The van der Waals surface area contributed by atoms with Gasteiger partial charge in [0.05, 0.1) is 0 Å². The first-order valence-electron chi connectivity index (χ1n) is 12.7. The minimum atomic E-state index is -0.567. The van der Waals surface area contributed by atoms with Gasteiger partial charge in [-0.1, -0.05) is 56.3 Å². The zero-order valence-corrected chi connectivity index (χ0v) is 20.3. The molecule has 2 heterocycles. The Kier molecular flexibility index (Phi) is 6.20. The highest BCUT2D eigenvalue weighted by atomic mass is 16.2. The van der Waals surface area contributed by atoms with Crippen molar-refractivity contribution in [2.45, 2.75) is 69.7 Å². The van der Waals surface area contributed by atoms with Gasteiger partial charge >= 0.3 is 0 Å². The van der Waals surface area contributed by atoms with Gasteiger partial charge in [0.15, 0.2) is 0 Å². The molecule has 1 saturated heterocycles. The summed E-state index contributed by atoms with van der Waals surface area (Å²) in [7, 11) is 0. The van der Waals surface area contributed by atoms with Gasteiger partial charge in [0, 0.05) is 42.5 Å². The van der Waals surface area contributed by atoms with Gasteiger partial charge < -0.3 is 15.2 Å². The number of hydrogen-bond acceptors (Lipinski definition) is 2. The molecule has 1 spiro atoms. The smallest absolute Gasteiger partial charge is 0.245 e. The number of aromatic amines is 1. The van der Waals surface area contributed by atoms with Gasteiger partial charge in [0.2, 0.25) is 11.8 Å². The predicted molar refractivity (Wildman–Crippen MR) is 136 cm³/mol. The van der Waals surface area contributed by atoms with Gasteiger partial charge in [-0.15, -0.1) is 0 Å². The molecule has 1 aliphatic heterocycles. The highest BCUT2D eigenvalue weighted by molar-refractivity contribution is 5.90. The van der Waals surface area contributed by atoms with Gasteiger partial charge in [0.25, 0.3) is 0 Å². The number of nitrogens with one attached hydrogen (secondary N) is 2. The number of likely N-dealkylation sites (tertiary alicyclic amines) is 1. The van der Waals surface area contributed by atoms with Crippen LogP contribution in [0.4, 0.5) is 0 Å². The molecule has 34 heavy (non-hydrogen) atoms. The summed E-state index contributed by atoms with van der Waals surface area (Å²) < 4.78 is 0. The molecule has 1 fully saturated rings. The van der Waals surface area contributed by atoms with Crippen LogP contribution < -0.4 is 5.32 Å². The van der Waals surface area contributed by atoms with E-state index in [4.69, 9.17) is 0 Å². The van der Waals surface area contributed by atoms with Gasteiger partial charge in [-0.05, 0) is 60.3 Å². The van der Waals surface area contributed by atoms with Crippen molar-refractivity contribution in [3.8, 4) is 0 Å². The van der Waals surface area contributed by atoms with Crippen LogP contribution in [0.1, 0.15) is 68.6 Å². The number of para-hydroxylation sites is 1. The molecule has 0 radical (unpaired) electrons. The van der Waals surface area contributed by atoms with Crippen molar-refractivity contribution >= 4 is 22.7 Å². The number of aromatic nitrogens is 1. The number of fused-ring (bicyclic) bond motifs is 3. The molecule has 1 aromatic heterocycles. The maximum Gasteiger partial charge on any atom is 0.245 e. The summed E-state index contributed by atoms with van der Waals surface area (Å²) in [5, 5.41) is 4.21. The molecular formula is C29H35N3O2. The van der Waals surface area contributed by atoms with E-state index in [0.29, 0.717) is 6.42 Å². The quantitative estimate of drug-likeness (QED) is 0.543. The first-order valence-corrected chi connectivity index (χ1v) is 12.7. The normalized spacial score (nSPS) is 18.6. The lowest BCUT2D eigenvalue weighted by atomic mass is 9.73. The molecule has 2 amide bonds. The van der Waals surface area contributed by atoms with Crippen LogP contribution >= 0.6 is 0 Å². The van der Waals surface area contributed by atoms with Crippen molar-refractivity contribution in [3.05, 3.63) is 71.4 Å². The van der Waals surface area contributed by atoms with Crippen LogP contribution in [0.3, 0.4) is 0 Å². The second-order valence-corrected chi connectivity index (χ2v) is 10.1. The Morgan fingerprint density at radius 3 is 2.59 bits per heavy atom. The Labute approximate surface area is 201 Å². The van der Waals surface area contributed by atoms with E-state index in [1.54, 1.807) is 0 Å². The topological polar surface area (TPSA) is 65.2 Å². The third-order valence-electron chi connectivity index (χ3n) is 8.17. The summed E-state index contributed by atoms with van der Waals surface area (Å²) in [6.07, 6.45) is 7.49. The Hall–Kier alpha value is -3.08. The minimum absolute atomic E-state index is 0.0448. The van der Waals surface area contributed by atoms with Crippen molar-refractivity contribution in [3.63, 3.8) is 0 Å². The molecule has 2 aliphatic rings. The summed E-state index contributed by atoms with van der Waals surface area (Å²) >= 11 is 0. The fourth-order valence-corrected chi connectivity index (χ4v) is 6.16. The first kappa shape index (κ1) is 22.7. The molecule has 0 unspecified atom stereocenters. The van der Waals surface area contributed by atoms with Crippen molar-refractivity contribution in [2.75, 3.05) is 13.1 Å². The number of aryl methyl sites for hydroxylation is 1. The van der Waals surface area contributed by atoms with Crippen LogP contribution in [-0.2, 0) is 21.4 Å². The van der Waals surface area contributed by atoms with Gasteiger partial charge in [-0.2, -0.15) is 0 Å². The maximum absolute atomic E-state index is 13.9. The first-order chi connectivity index (χ1) is 16.5. The number of rotatable bonds is 6. The Balaban J connectivity index is 1.36. The van der Waals surface area contributed by atoms with E-state index >= 15 is 0 Å². The standard InChI is InChI=1S/C29H35N3O2/c1-3-8-26(33)31-27(20(2)23-19-30-25-12-7-5-10-22(23)25)28(34)32-17-15-29(16-18-32)14-13-21-9-4-6-11-24(21)29/h4-7,9-12,19-20,27,30H,3,8,13-18H2,1-2H3,(H,31,33)/t20-,27-/m1/s1.